The number of aromatic hydroxyl groups is 1. The fourth-order valence-corrected chi connectivity index (χ4v) is 10.7. The smallest absolute Gasteiger partial charge is 0.417 e. The van der Waals surface area contributed by atoms with Gasteiger partial charge in [-0.2, -0.15) is 0 Å². The number of nitrogens with zero attached hydrogens (tertiary/aromatic N) is 4. The Labute approximate surface area is 466 Å². The fraction of sp³-hybridized carbons (Fsp3) is 0.458. The first-order valence-electron chi connectivity index (χ1n) is 26.8. The van der Waals surface area contributed by atoms with E-state index in [-0.39, 0.29) is 50.7 Å². The number of ether oxygens (including phenoxy) is 6. The first-order valence-corrected chi connectivity index (χ1v) is 26.8. The van der Waals surface area contributed by atoms with Gasteiger partial charge in [0.1, 0.15) is 42.0 Å². The molecule has 0 spiro atoms. The fourth-order valence-electron chi connectivity index (χ4n) is 10.7. The molecule has 6 heterocycles. The van der Waals surface area contributed by atoms with E-state index in [9.17, 15) is 44.4 Å². The Kier molecular flexibility index (Phi) is 17.9. The Morgan fingerprint density at radius 2 is 1.57 bits per heavy atom. The predicted octanol–water partition coefficient (Wildman–Crippen LogP) is 5.00. The van der Waals surface area contributed by atoms with Crippen LogP contribution in [0.2, 0.25) is 0 Å². The van der Waals surface area contributed by atoms with Crippen molar-refractivity contribution < 1.29 is 72.4 Å². The maximum Gasteiger partial charge on any atom is 0.417 e. The summed E-state index contributed by atoms with van der Waals surface area (Å²) in [5.74, 6) is -10.7. The number of rotatable bonds is 9. The topological polar surface area (TPSA) is 296 Å². The number of phenols is 1. The summed E-state index contributed by atoms with van der Waals surface area (Å²) >= 11 is 0. The number of anilines is 2. The van der Waals surface area contributed by atoms with Crippen LogP contribution in [0.1, 0.15) is 66.5 Å². The van der Waals surface area contributed by atoms with E-state index in [1.54, 1.807) is 45.9 Å². The summed E-state index contributed by atoms with van der Waals surface area (Å²) < 4.78 is 41.1. The molecule has 3 aromatic carbocycles. The molecule has 4 aliphatic rings. The van der Waals surface area contributed by atoms with Crippen molar-refractivity contribution in [2.45, 2.75) is 99.1 Å². The predicted molar refractivity (Wildman–Crippen MR) is 298 cm³/mol. The number of carbonyl (C=O) groups excluding carboxylic acids is 4. The van der Waals surface area contributed by atoms with E-state index >= 15 is 4.79 Å². The Bertz CT molecular complexity index is 3520. The first kappa shape index (κ1) is 59.2. The lowest BCUT2D eigenvalue weighted by Gasteiger charge is -2.38. The van der Waals surface area contributed by atoms with Crippen LogP contribution in [0.4, 0.5) is 11.4 Å². The van der Waals surface area contributed by atoms with Crippen LogP contribution in [-0.4, -0.2) is 136 Å². The van der Waals surface area contributed by atoms with E-state index in [1.165, 1.54) is 76.9 Å². The lowest BCUT2D eigenvalue weighted by Crippen LogP contribution is -2.47. The number of piperazine rings is 1. The van der Waals surface area contributed by atoms with Gasteiger partial charge in [-0.3, -0.25) is 29.1 Å². The van der Waals surface area contributed by atoms with E-state index in [2.05, 4.69) is 29.0 Å². The highest BCUT2D eigenvalue weighted by Gasteiger charge is 2.44. The number of allylic oxidation sites excluding steroid dienone is 2. The molecule has 0 radical (unpaired) electrons. The SMILES string of the molecule is COC1/C=C/OC2(C)Oc3c(C)c(O)c4c(=O)c(c5oc6cc(N7CCN(CC(C)C)CC7)cc(=O)c6nc5c4c3=C2O)NC(=O)/C(COC(=O)C(=O)OCc2ccncc2)=C\C=C\C(C)C(O)C(C)C(O)C(C)C(OC(C)=O)C1C. The second-order valence-corrected chi connectivity index (χ2v) is 21.6. The third kappa shape index (κ3) is 12.2. The van der Waals surface area contributed by atoms with Crippen molar-refractivity contribution in [1.29, 1.82) is 0 Å². The number of aromatic nitrogens is 2. The molecule has 2 aromatic heterocycles. The Hall–Kier alpha value is -7.92. The molecule has 432 valence electrons. The molecule has 9 unspecified atom stereocenters. The van der Waals surface area contributed by atoms with Gasteiger partial charge in [0.05, 0.1) is 40.8 Å². The summed E-state index contributed by atoms with van der Waals surface area (Å²) in [5, 5.41) is 49.6. The lowest BCUT2D eigenvalue weighted by atomic mass is 9.78. The number of carbonyl (C=O) groups is 4. The third-order valence-electron chi connectivity index (χ3n) is 15.3. The monoisotopic (exact) mass is 1120 g/mol. The van der Waals surface area contributed by atoms with Gasteiger partial charge in [-0.05, 0) is 36.6 Å². The average Bonchev–Trinajstić information content (AvgIpc) is 3.72. The highest BCUT2D eigenvalue weighted by molar-refractivity contribution is 6.29. The molecule has 5 N–H and O–H groups in total. The van der Waals surface area contributed by atoms with Gasteiger partial charge >= 0.3 is 23.7 Å². The van der Waals surface area contributed by atoms with Crippen molar-refractivity contribution in [1.82, 2.24) is 14.9 Å². The van der Waals surface area contributed by atoms with Crippen LogP contribution >= 0.6 is 0 Å². The maximum absolute atomic E-state index is 15.3. The number of amides is 1. The zero-order valence-electron chi connectivity index (χ0n) is 46.9. The van der Waals surface area contributed by atoms with Crippen LogP contribution in [-0.2, 0) is 49.5 Å². The normalized spacial score (nSPS) is 26.4. The van der Waals surface area contributed by atoms with Gasteiger partial charge in [-0.25, -0.2) is 14.6 Å². The molecule has 0 aliphatic carbocycles. The van der Waals surface area contributed by atoms with Crippen LogP contribution in [0.25, 0.3) is 38.7 Å². The number of nitrogens with one attached hydrogen (secondary N) is 1. The number of phenolic OH excluding ortho intramolecular Hbond substituents is 1. The molecule has 5 bridgehead atoms. The minimum Gasteiger partial charge on any atom is -0.507 e. The number of hydrogen-bond acceptors (Lipinski definition) is 21. The standard InChI is InChI=1S/C59H69N5O17/c1-29(2)26-63-19-21-64(22-20-63)38-24-39(66)45-41(25-38)80-54-46(61-45)42-43-50(69)34(7)53-44(42)55(71)59(9,81-53)78-23-16-40(75-10)31(4)52(79-35(8)65)33(6)49(68)32(5)48(67)30(3)12-11-13-37(56(72)62-47(54)51(43)70)28-77-58(74)57(73)76-27-36-14-17-60-18-15-36/h11-18,23-25,29-33,40,48-49,52,67-69,71H,19-22,26-28H2,1-10H3,(H,62,72)/b12-11+,23-16+,37-13-. The molecular weight excluding hydrogens is 1050 g/mol. The molecule has 81 heavy (non-hydrogen) atoms. The number of esters is 3. The van der Waals surface area contributed by atoms with Crippen LogP contribution in [0, 0.1) is 36.5 Å². The van der Waals surface area contributed by atoms with E-state index in [1.807, 2.05) is 4.90 Å². The second-order valence-electron chi connectivity index (χ2n) is 21.6. The lowest BCUT2D eigenvalue weighted by molar-refractivity contribution is -0.168. The maximum atomic E-state index is 15.3. The Morgan fingerprint density at radius 3 is 2.22 bits per heavy atom. The number of methoxy groups -OCH3 is 1. The summed E-state index contributed by atoms with van der Waals surface area (Å²) in [5.41, 5.74) is -2.53. The van der Waals surface area contributed by atoms with Crippen molar-refractivity contribution in [2.75, 3.05) is 56.7 Å². The van der Waals surface area contributed by atoms with Crippen LogP contribution in [0.5, 0.6) is 11.5 Å². The molecule has 9 atom stereocenters. The molecule has 9 rings (SSSR count). The number of hydrogen-bond donors (Lipinski definition) is 5. The minimum atomic E-state index is -2.08. The zero-order chi connectivity index (χ0) is 58.8. The van der Waals surface area contributed by atoms with Crippen molar-refractivity contribution in [2.24, 2.45) is 29.6 Å². The van der Waals surface area contributed by atoms with E-state index in [0.717, 1.165) is 19.6 Å². The molecule has 22 heteroatoms. The molecule has 0 saturated carbocycles. The van der Waals surface area contributed by atoms with Crippen LogP contribution < -0.4 is 31.0 Å². The number of pyridine rings is 1. The largest absolute Gasteiger partial charge is 0.507 e. The van der Waals surface area contributed by atoms with Gasteiger partial charge in [0.15, 0.2) is 22.4 Å². The van der Waals surface area contributed by atoms with Crippen molar-refractivity contribution in [3.05, 3.63) is 110 Å². The van der Waals surface area contributed by atoms with Gasteiger partial charge in [-0.15, -0.1) is 0 Å². The number of fused-ring (bicyclic) bond motifs is 14. The van der Waals surface area contributed by atoms with E-state index in [0.29, 0.717) is 30.3 Å². The molecule has 1 saturated heterocycles. The third-order valence-corrected chi connectivity index (χ3v) is 15.3. The quantitative estimate of drug-likeness (QED) is 0.0426. The molecule has 1 fully saturated rings. The summed E-state index contributed by atoms with van der Waals surface area (Å²) in [7, 11) is 1.41. The zero-order valence-corrected chi connectivity index (χ0v) is 46.9. The van der Waals surface area contributed by atoms with Gasteiger partial charge < -0.3 is 63.5 Å². The summed E-state index contributed by atoms with van der Waals surface area (Å²) in [4.78, 5) is 96.1. The molecule has 5 aromatic rings. The van der Waals surface area contributed by atoms with Crippen molar-refractivity contribution >= 4 is 73.9 Å². The molecule has 22 nitrogen and oxygen atoms in total. The Balaban J connectivity index is 1.32. The molecular formula is C59H69N5O17. The van der Waals surface area contributed by atoms with Crippen LogP contribution in [0.15, 0.2) is 86.8 Å². The highest BCUT2D eigenvalue weighted by atomic mass is 16.7. The summed E-state index contributed by atoms with van der Waals surface area (Å²) in [6.07, 6.45) is 5.30. The highest BCUT2D eigenvalue weighted by Crippen LogP contribution is 2.42. The van der Waals surface area contributed by atoms with Crippen molar-refractivity contribution in [3.63, 3.8) is 0 Å². The first-order chi connectivity index (χ1) is 38.4. The van der Waals surface area contributed by atoms with E-state index in [4.69, 9.17) is 37.8 Å². The van der Waals surface area contributed by atoms with E-state index < -0.39 is 123 Å². The number of aliphatic hydroxyl groups is 3. The second kappa shape index (κ2) is 24.4. The van der Waals surface area contributed by atoms with Gasteiger partial charge in [-0.1, -0.05) is 59.8 Å². The van der Waals surface area contributed by atoms with Crippen LogP contribution in [0.3, 0.4) is 0 Å². The van der Waals surface area contributed by atoms with Gasteiger partial charge in [0.2, 0.25) is 10.9 Å². The molecule has 1 amide bonds. The van der Waals surface area contributed by atoms with Crippen molar-refractivity contribution in [3.8, 4) is 11.5 Å². The van der Waals surface area contributed by atoms with Gasteiger partial charge in [0.25, 0.3) is 5.91 Å². The summed E-state index contributed by atoms with van der Waals surface area (Å²) in [6.45, 7) is 17.3. The minimum absolute atomic E-state index is 0.0425. The Morgan fingerprint density at radius 1 is 0.889 bits per heavy atom. The molecule has 4 aliphatic heterocycles. The average molecular weight is 1120 g/mol. The number of aliphatic hydroxyl groups excluding tert-OH is 3. The number of benzene rings is 3. The summed E-state index contributed by atoms with van der Waals surface area (Å²) in [6, 6.07) is 6.16. The van der Waals surface area contributed by atoms with Gasteiger partial charge in [0, 0.05) is 119 Å².